The van der Waals surface area contributed by atoms with Gasteiger partial charge in [0.2, 0.25) is 5.91 Å². The van der Waals surface area contributed by atoms with Crippen LogP contribution in [0.5, 0.6) is 0 Å². The van der Waals surface area contributed by atoms with E-state index in [0.717, 1.165) is 16.9 Å². The largest absolute Gasteiger partial charge is 0.350 e. The molecule has 0 spiro atoms. The van der Waals surface area contributed by atoms with Gasteiger partial charge in [0.25, 0.3) is 0 Å². The Morgan fingerprint density at radius 1 is 1.19 bits per heavy atom. The number of imidazole rings is 1. The van der Waals surface area contributed by atoms with Crippen molar-refractivity contribution >= 4 is 16.9 Å². The van der Waals surface area contributed by atoms with Gasteiger partial charge in [-0.3, -0.25) is 4.79 Å². The van der Waals surface area contributed by atoms with Crippen molar-refractivity contribution in [1.29, 1.82) is 0 Å². The van der Waals surface area contributed by atoms with E-state index in [2.05, 4.69) is 47.3 Å². The number of carbonyl (C=O) groups is 1. The molecule has 0 saturated heterocycles. The maximum absolute atomic E-state index is 13.2. The SMILES string of the molecule is Cc1ccc(C(C)NC(=O)CCCc2nc3ccc(F)cc3[nH]2)cc1C. The third-order valence-corrected chi connectivity index (χ3v) is 4.72. The second-order valence-corrected chi connectivity index (χ2v) is 6.83. The summed E-state index contributed by atoms with van der Waals surface area (Å²) >= 11 is 0. The molecule has 136 valence electrons. The molecule has 0 fully saturated rings. The van der Waals surface area contributed by atoms with Crippen LogP contribution in [0.25, 0.3) is 11.0 Å². The highest BCUT2D eigenvalue weighted by molar-refractivity contribution is 5.76. The van der Waals surface area contributed by atoms with Crippen LogP contribution in [0, 0.1) is 19.7 Å². The smallest absolute Gasteiger partial charge is 0.220 e. The summed E-state index contributed by atoms with van der Waals surface area (Å²) in [6, 6.07) is 10.7. The number of aromatic amines is 1. The second-order valence-electron chi connectivity index (χ2n) is 6.83. The molecule has 4 nitrogen and oxygen atoms in total. The zero-order valence-electron chi connectivity index (χ0n) is 15.4. The predicted molar refractivity (Wildman–Crippen MR) is 101 cm³/mol. The maximum Gasteiger partial charge on any atom is 0.220 e. The lowest BCUT2D eigenvalue weighted by Gasteiger charge is -2.15. The van der Waals surface area contributed by atoms with Gasteiger partial charge in [0.1, 0.15) is 11.6 Å². The molecule has 0 bridgehead atoms. The Kier molecular flexibility index (Phi) is 5.35. The lowest BCUT2D eigenvalue weighted by molar-refractivity contribution is -0.121. The minimum atomic E-state index is -0.285. The van der Waals surface area contributed by atoms with Gasteiger partial charge in [0.15, 0.2) is 0 Å². The zero-order chi connectivity index (χ0) is 18.7. The molecule has 2 N–H and O–H groups in total. The summed E-state index contributed by atoms with van der Waals surface area (Å²) in [7, 11) is 0. The minimum Gasteiger partial charge on any atom is -0.350 e. The van der Waals surface area contributed by atoms with Gasteiger partial charge >= 0.3 is 0 Å². The van der Waals surface area contributed by atoms with E-state index in [9.17, 15) is 9.18 Å². The third-order valence-electron chi connectivity index (χ3n) is 4.72. The number of halogens is 1. The van der Waals surface area contributed by atoms with Crippen molar-refractivity contribution in [2.24, 2.45) is 0 Å². The van der Waals surface area contributed by atoms with Gasteiger partial charge in [-0.15, -0.1) is 0 Å². The number of aryl methyl sites for hydroxylation is 3. The van der Waals surface area contributed by atoms with Crippen molar-refractivity contribution in [2.45, 2.75) is 46.1 Å². The van der Waals surface area contributed by atoms with Crippen molar-refractivity contribution in [3.8, 4) is 0 Å². The summed E-state index contributed by atoms with van der Waals surface area (Å²) in [6.45, 7) is 6.15. The Balaban J connectivity index is 1.50. The molecule has 1 atom stereocenters. The number of benzene rings is 2. The lowest BCUT2D eigenvalue weighted by Crippen LogP contribution is -2.26. The first-order valence-electron chi connectivity index (χ1n) is 8.93. The first-order valence-corrected chi connectivity index (χ1v) is 8.93. The Morgan fingerprint density at radius 3 is 2.77 bits per heavy atom. The topological polar surface area (TPSA) is 57.8 Å². The van der Waals surface area contributed by atoms with Crippen LogP contribution < -0.4 is 5.32 Å². The number of amides is 1. The Bertz CT molecular complexity index is 932. The van der Waals surface area contributed by atoms with Crippen molar-refractivity contribution in [3.63, 3.8) is 0 Å². The number of nitrogens with one attached hydrogen (secondary N) is 2. The van der Waals surface area contributed by atoms with Crippen LogP contribution in [0.15, 0.2) is 36.4 Å². The van der Waals surface area contributed by atoms with E-state index in [1.807, 2.05) is 6.92 Å². The van der Waals surface area contributed by atoms with E-state index >= 15 is 0 Å². The predicted octanol–water partition coefficient (Wildman–Crippen LogP) is 4.52. The number of rotatable bonds is 6. The number of nitrogens with zero attached hydrogens (tertiary/aromatic N) is 1. The van der Waals surface area contributed by atoms with Crippen molar-refractivity contribution in [1.82, 2.24) is 15.3 Å². The summed E-state index contributed by atoms with van der Waals surface area (Å²) in [5.74, 6) is 0.519. The molecule has 0 aliphatic carbocycles. The Hall–Kier alpha value is -2.69. The Morgan fingerprint density at radius 2 is 2.00 bits per heavy atom. The van der Waals surface area contributed by atoms with Crippen molar-refractivity contribution in [2.75, 3.05) is 0 Å². The van der Waals surface area contributed by atoms with Gasteiger partial charge in [0, 0.05) is 12.8 Å². The number of aromatic nitrogens is 2. The fourth-order valence-corrected chi connectivity index (χ4v) is 3.00. The number of H-pyrrole nitrogens is 1. The molecule has 0 aliphatic rings. The van der Waals surface area contributed by atoms with E-state index in [0.29, 0.717) is 24.8 Å². The summed E-state index contributed by atoms with van der Waals surface area (Å²) in [5.41, 5.74) is 5.02. The minimum absolute atomic E-state index is 0.0176. The van der Waals surface area contributed by atoms with Gasteiger partial charge in [-0.25, -0.2) is 9.37 Å². The van der Waals surface area contributed by atoms with Crippen LogP contribution >= 0.6 is 0 Å². The molecular weight excluding hydrogens is 329 g/mol. The van der Waals surface area contributed by atoms with Crippen LogP contribution in [0.3, 0.4) is 0 Å². The number of hydrogen-bond donors (Lipinski definition) is 2. The number of hydrogen-bond acceptors (Lipinski definition) is 2. The molecule has 3 rings (SSSR count). The number of fused-ring (bicyclic) bond motifs is 1. The first-order chi connectivity index (χ1) is 12.4. The summed E-state index contributed by atoms with van der Waals surface area (Å²) < 4.78 is 13.2. The third kappa shape index (κ3) is 4.28. The molecule has 1 heterocycles. The van der Waals surface area contributed by atoms with Crippen molar-refractivity contribution in [3.05, 3.63) is 64.7 Å². The summed E-state index contributed by atoms with van der Waals surface area (Å²) in [6.07, 6.45) is 1.77. The normalized spacial score (nSPS) is 12.3. The highest BCUT2D eigenvalue weighted by Crippen LogP contribution is 2.17. The van der Waals surface area contributed by atoms with Crippen molar-refractivity contribution < 1.29 is 9.18 Å². The zero-order valence-corrected chi connectivity index (χ0v) is 15.4. The molecule has 0 aliphatic heterocycles. The quantitative estimate of drug-likeness (QED) is 0.684. The molecule has 0 radical (unpaired) electrons. The van der Waals surface area contributed by atoms with Crippen LogP contribution in [0.2, 0.25) is 0 Å². The molecule has 3 aromatic rings. The molecule has 1 unspecified atom stereocenters. The van der Waals surface area contributed by atoms with E-state index in [4.69, 9.17) is 0 Å². The standard InChI is InChI=1S/C21H24FN3O/c1-13-7-8-16(11-14(13)2)15(3)23-21(26)6-4-5-20-24-18-10-9-17(22)12-19(18)25-20/h7-12,15H,4-6H2,1-3H3,(H,23,26)(H,24,25). The second kappa shape index (κ2) is 7.68. The van der Waals surface area contributed by atoms with Crippen LogP contribution in [-0.4, -0.2) is 15.9 Å². The number of carbonyl (C=O) groups excluding carboxylic acids is 1. The highest BCUT2D eigenvalue weighted by Gasteiger charge is 2.11. The van der Waals surface area contributed by atoms with E-state index in [1.165, 1.54) is 23.3 Å². The lowest BCUT2D eigenvalue weighted by atomic mass is 10.0. The summed E-state index contributed by atoms with van der Waals surface area (Å²) in [5, 5.41) is 3.04. The van der Waals surface area contributed by atoms with Crippen LogP contribution in [0.1, 0.15) is 48.3 Å². The van der Waals surface area contributed by atoms with E-state index in [-0.39, 0.29) is 17.8 Å². The molecule has 5 heteroatoms. The van der Waals surface area contributed by atoms with Gasteiger partial charge in [-0.1, -0.05) is 18.2 Å². The Labute approximate surface area is 152 Å². The van der Waals surface area contributed by atoms with Gasteiger partial charge in [0.05, 0.1) is 17.1 Å². The molecule has 2 aromatic carbocycles. The van der Waals surface area contributed by atoms with Crippen LogP contribution in [-0.2, 0) is 11.2 Å². The monoisotopic (exact) mass is 353 g/mol. The first kappa shape index (κ1) is 18.1. The van der Waals surface area contributed by atoms with Gasteiger partial charge in [-0.2, -0.15) is 0 Å². The fraction of sp³-hybridized carbons (Fsp3) is 0.333. The highest BCUT2D eigenvalue weighted by atomic mass is 19.1. The molecule has 1 amide bonds. The molecule has 26 heavy (non-hydrogen) atoms. The average Bonchev–Trinajstić information content (AvgIpc) is 2.99. The van der Waals surface area contributed by atoms with E-state index < -0.39 is 0 Å². The summed E-state index contributed by atoms with van der Waals surface area (Å²) in [4.78, 5) is 19.7. The van der Waals surface area contributed by atoms with Crippen LogP contribution in [0.4, 0.5) is 4.39 Å². The molecular formula is C21H24FN3O. The van der Waals surface area contributed by atoms with E-state index in [1.54, 1.807) is 6.07 Å². The van der Waals surface area contributed by atoms with Gasteiger partial charge < -0.3 is 10.3 Å². The molecule has 1 aromatic heterocycles. The fourth-order valence-electron chi connectivity index (χ4n) is 3.00. The molecule has 0 saturated carbocycles. The van der Waals surface area contributed by atoms with Gasteiger partial charge in [-0.05, 0) is 62.1 Å². The maximum atomic E-state index is 13.2. The average molecular weight is 353 g/mol.